The number of rotatable bonds is 8. The lowest BCUT2D eigenvalue weighted by atomic mass is 9.64. The van der Waals surface area contributed by atoms with E-state index in [9.17, 15) is 13.2 Å². The lowest BCUT2D eigenvalue weighted by Gasteiger charge is -2.41. The topological polar surface area (TPSA) is 18.5 Å². The van der Waals surface area contributed by atoms with Crippen molar-refractivity contribution in [1.29, 1.82) is 0 Å². The van der Waals surface area contributed by atoms with Crippen LogP contribution in [0.3, 0.4) is 0 Å². The quantitative estimate of drug-likeness (QED) is 0.151. The molecule has 0 aliphatic heterocycles. The predicted octanol–water partition coefficient (Wildman–Crippen LogP) is 18.4. The number of hydrogen-bond acceptors (Lipinski definition) is 2. The van der Waals surface area contributed by atoms with E-state index in [4.69, 9.17) is 9.47 Å². The largest absolute Gasteiger partial charge is 0.457 e. The molecule has 0 radical (unpaired) electrons. The number of alkyl halides is 3. The SMILES string of the molecule is CC1C2CC(C1C)C(C1CC3CC1C(C)C3C)C2.Cc1ccc(-c2ccc(C)cc2C(F)(F)F)c(C)c1.Cc1ccc(Oc2ccc(C(C)(C)c3ccc(Oc4ccc(C)cc4)cc3)cc2)cc1. The molecule has 0 spiro atoms. The van der Waals surface area contributed by atoms with Gasteiger partial charge in [-0.2, -0.15) is 13.2 Å². The molecule has 68 heavy (non-hydrogen) atoms. The van der Waals surface area contributed by atoms with Gasteiger partial charge in [0.15, 0.2) is 0 Å². The minimum absolute atomic E-state index is 0.134. The molecule has 4 aliphatic rings. The number of hydrogen-bond donors (Lipinski definition) is 0. The molecular weight excluding hydrogens is 846 g/mol. The Bertz CT molecular complexity index is 2490. The number of ether oxygens (including phenoxy) is 2. The highest BCUT2D eigenvalue weighted by atomic mass is 19.4. The summed E-state index contributed by atoms with van der Waals surface area (Å²) in [6.45, 7) is 24.2. The Hall–Kier alpha value is -5.29. The lowest BCUT2D eigenvalue weighted by Crippen LogP contribution is -2.35. The third kappa shape index (κ3) is 10.6. The van der Waals surface area contributed by atoms with Gasteiger partial charge >= 0.3 is 6.18 Å². The Morgan fingerprint density at radius 3 is 1.09 bits per heavy atom. The maximum Gasteiger partial charge on any atom is 0.417 e. The second kappa shape index (κ2) is 20.0. The average Bonchev–Trinajstić information content (AvgIpc) is 4.08. The summed E-state index contributed by atoms with van der Waals surface area (Å²) in [5.41, 5.74) is 7.60. The molecule has 6 aromatic rings. The van der Waals surface area contributed by atoms with Gasteiger partial charge < -0.3 is 9.47 Å². The van der Waals surface area contributed by atoms with Crippen molar-refractivity contribution >= 4 is 0 Å². The summed E-state index contributed by atoms with van der Waals surface area (Å²) < 4.78 is 51.3. The first-order valence-electron chi connectivity index (χ1n) is 25.2. The van der Waals surface area contributed by atoms with Crippen molar-refractivity contribution in [3.05, 3.63) is 178 Å². The van der Waals surface area contributed by atoms with Crippen LogP contribution in [0.2, 0.25) is 0 Å². The van der Waals surface area contributed by atoms with Gasteiger partial charge in [0, 0.05) is 5.41 Å². The van der Waals surface area contributed by atoms with Crippen molar-refractivity contribution in [2.75, 3.05) is 0 Å². The Morgan fingerprint density at radius 2 is 0.735 bits per heavy atom. The van der Waals surface area contributed by atoms with Gasteiger partial charge in [0.25, 0.3) is 0 Å². The summed E-state index contributed by atoms with van der Waals surface area (Å²) in [7, 11) is 0. The first kappa shape index (κ1) is 49.1. The molecule has 10 rings (SSSR count). The summed E-state index contributed by atoms with van der Waals surface area (Å²) in [5.74, 6) is 14.2. The van der Waals surface area contributed by atoms with Crippen LogP contribution in [0.15, 0.2) is 133 Å². The lowest BCUT2D eigenvalue weighted by molar-refractivity contribution is -0.137. The molecule has 0 amide bonds. The number of benzene rings is 6. The van der Waals surface area contributed by atoms with Gasteiger partial charge in [0.2, 0.25) is 0 Å². The Balaban J connectivity index is 0.000000146. The molecule has 4 bridgehead atoms. The van der Waals surface area contributed by atoms with Gasteiger partial charge in [-0.15, -0.1) is 0 Å². The maximum atomic E-state index is 13.1. The van der Waals surface area contributed by atoms with Crippen molar-refractivity contribution < 1.29 is 22.6 Å². The smallest absolute Gasteiger partial charge is 0.417 e. The molecular formula is C63H73F3O2. The number of fused-ring (bicyclic) bond motifs is 4. The number of halogens is 3. The van der Waals surface area contributed by atoms with E-state index in [1.165, 1.54) is 28.3 Å². The highest BCUT2D eigenvalue weighted by molar-refractivity contribution is 5.72. The van der Waals surface area contributed by atoms with Crippen molar-refractivity contribution in [3.8, 4) is 34.1 Å². The zero-order valence-electron chi connectivity index (χ0n) is 42.3. The van der Waals surface area contributed by atoms with Crippen LogP contribution in [-0.4, -0.2) is 0 Å². The van der Waals surface area contributed by atoms with Crippen LogP contribution >= 0.6 is 0 Å². The number of aryl methyl sites for hydroxylation is 5. The highest BCUT2D eigenvalue weighted by Gasteiger charge is 2.57. The Morgan fingerprint density at radius 1 is 0.397 bits per heavy atom. The van der Waals surface area contributed by atoms with Crippen LogP contribution in [0.5, 0.6) is 23.0 Å². The third-order valence-electron chi connectivity index (χ3n) is 17.3. The standard InChI is InChI=1S/C29H28O2.C18H30.C16H15F3/c1-21-5-13-25(14-6-21)30-27-17-9-23(10-18-27)29(3,4)24-11-19-28(20-12-24)31-26-15-7-22(2)8-16-26;1-9-11(3)15-5-13(9)7-17(15)18-8-14-6-16(18)12(4)10(14)2;1-10-4-6-13(12(3)8-10)14-7-5-11(2)9-15(14)16(17,18)19/h5-20H,1-4H3;9-18H,5-8H2,1-4H3;4-9H,1-3H3. The average molecular weight is 919 g/mol. The molecule has 10 unspecified atom stereocenters. The summed E-state index contributed by atoms with van der Waals surface area (Å²) >= 11 is 0. The highest BCUT2D eigenvalue weighted by Crippen LogP contribution is 2.65. The summed E-state index contributed by atoms with van der Waals surface area (Å²) in [4.78, 5) is 0. The molecule has 358 valence electrons. The van der Waals surface area contributed by atoms with Crippen LogP contribution in [-0.2, 0) is 11.6 Å². The molecule has 0 heterocycles. The van der Waals surface area contributed by atoms with Crippen LogP contribution < -0.4 is 9.47 Å². The Labute approximate surface area is 405 Å². The molecule has 5 heteroatoms. The first-order valence-corrected chi connectivity index (χ1v) is 25.2. The normalized spacial score (nSPS) is 25.9. The fraction of sp³-hybridized carbons (Fsp3) is 0.429. The molecule has 6 aromatic carbocycles. The monoisotopic (exact) mass is 919 g/mol. The molecule has 0 saturated heterocycles. The minimum Gasteiger partial charge on any atom is -0.457 e. The fourth-order valence-electron chi connectivity index (χ4n) is 12.8. The Kier molecular flexibility index (Phi) is 14.4. The summed E-state index contributed by atoms with van der Waals surface area (Å²) in [6, 6.07) is 42.8. The molecule has 4 saturated carbocycles. The van der Waals surface area contributed by atoms with Crippen molar-refractivity contribution in [3.63, 3.8) is 0 Å². The predicted molar refractivity (Wildman–Crippen MR) is 275 cm³/mol. The van der Waals surface area contributed by atoms with E-state index in [1.54, 1.807) is 50.8 Å². The van der Waals surface area contributed by atoms with E-state index in [-0.39, 0.29) is 11.0 Å². The first-order chi connectivity index (χ1) is 32.3. The van der Waals surface area contributed by atoms with Crippen molar-refractivity contribution in [2.45, 2.75) is 113 Å². The zero-order valence-corrected chi connectivity index (χ0v) is 42.3. The molecule has 0 aromatic heterocycles. The van der Waals surface area contributed by atoms with E-state index >= 15 is 0 Å². The van der Waals surface area contributed by atoms with Crippen molar-refractivity contribution in [2.24, 2.45) is 59.2 Å². The minimum atomic E-state index is -4.33. The summed E-state index contributed by atoms with van der Waals surface area (Å²) in [6.07, 6.45) is 2.05. The second-order valence-electron chi connectivity index (χ2n) is 21.9. The fourth-order valence-corrected chi connectivity index (χ4v) is 12.8. The van der Waals surface area contributed by atoms with E-state index in [0.717, 1.165) is 93.3 Å². The van der Waals surface area contributed by atoms with Gasteiger partial charge in [-0.3, -0.25) is 0 Å². The molecule has 2 nitrogen and oxygen atoms in total. The molecule has 4 fully saturated rings. The van der Waals surface area contributed by atoms with Crippen LogP contribution in [0.25, 0.3) is 11.1 Å². The van der Waals surface area contributed by atoms with Crippen molar-refractivity contribution in [1.82, 2.24) is 0 Å². The summed E-state index contributed by atoms with van der Waals surface area (Å²) in [5, 5.41) is 0. The van der Waals surface area contributed by atoms with Gasteiger partial charge in [-0.1, -0.05) is 143 Å². The van der Waals surface area contributed by atoms with E-state index < -0.39 is 11.7 Å². The van der Waals surface area contributed by atoms with E-state index in [1.807, 2.05) is 74.5 Å². The van der Waals surface area contributed by atoms with Gasteiger partial charge in [0.05, 0.1) is 5.56 Å². The molecule has 10 atom stereocenters. The van der Waals surface area contributed by atoms with Crippen LogP contribution in [0.4, 0.5) is 13.2 Å². The zero-order chi connectivity index (χ0) is 48.7. The van der Waals surface area contributed by atoms with Crippen LogP contribution in [0, 0.1) is 93.8 Å². The second-order valence-corrected chi connectivity index (χ2v) is 21.9. The van der Waals surface area contributed by atoms with Gasteiger partial charge in [0.1, 0.15) is 23.0 Å². The maximum absolute atomic E-state index is 13.1. The van der Waals surface area contributed by atoms with E-state index in [2.05, 4.69) is 104 Å². The molecule has 4 aliphatic carbocycles. The van der Waals surface area contributed by atoms with Gasteiger partial charge in [-0.25, -0.2) is 0 Å². The third-order valence-corrected chi connectivity index (χ3v) is 17.3. The van der Waals surface area contributed by atoms with Crippen LogP contribution in [0.1, 0.15) is 112 Å². The van der Waals surface area contributed by atoms with Gasteiger partial charge in [-0.05, 0) is 202 Å². The van der Waals surface area contributed by atoms with E-state index in [0.29, 0.717) is 11.1 Å². The molecule has 0 N–H and O–H groups in total.